The fraction of sp³-hybridized carbons (Fsp3) is 0.562. The second kappa shape index (κ2) is 30.1. The van der Waals surface area contributed by atoms with Crippen molar-refractivity contribution in [3.8, 4) is 0 Å². The van der Waals surface area contributed by atoms with Crippen molar-refractivity contribution < 1.29 is 41.1 Å². The lowest BCUT2D eigenvalue weighted by Gasteiger charge is -2.32. The van der Waals surface area contributed by atoms with Crippen LogP contribution >= 0.6 is 0 Å². The molecular weight excluding hydrogens is 1330 g/mol. The summed E-state index contributed by atoms with van der Waals surface area (Å²) in [7, 11) is 0. The number of nitrogens with zero attached hydrogens (tertiary/aromatic N) is 6. The van der Waals surface area contributed by atoms with Gasteiger partial charge in [-0.15, -0.1) is 0 Å². The van der Waals surface area contributed by atoms with Crippen molar-refractivity contribution in [2.45, 2.75) is 354 Å². The zero-order chi connectivity index (χ0) is 90.1. The van der Waals surface area contributed by atoms with E-state index in [-0.39, 0.29) is 125 Å². The van der Waals surface area contributed by atoms with Crippen molar-refractivity contribution in [2.75, 3.05) is 0 Å². The normalized spacial score (nSPS) is 17.3. The molecule has 6 aliphatic heterocycles. The molecule has 6 aromatic rings. The van der Waals surface area contributed by atoms with Gasteiger partial charge in [0.05, 0.1) is 12.3 Å². The first kappa shape index (κ1) is 74.2. The van der Waals surface area contributed by atoms with Gasteiger partial charge in [0.15, 0.2) is 0 Å². The van der Waals surface area contributed by atoms with Gasteiger partial charge in [0.1, 0.15) is 0 Å². The summed E-state index contributed by atoms with van der Waals surface area (Å²) in [5.74, 6) is 0.187. The highest BCUT2D eigenvalue weighted by atomic mass is 16.2. The molecule has 12 rings (SSSR count). The predicted octanol–water partition coefficient (Wildman–Crippen LogP) is 22.4. The summed E-state index contributed by atoms with van der Waals surface area (Å²) < 4.78 is 72.6. The van der Waals surface area contributed by atoms with Crippen LogP contribution in [0.25, 0.3) is 0 Å². The second-order valence-corrected chi connectivity index (χ2v) is 42.2. The first-order chi connectivity index (χ1) is 52.4. The number of hydrogen-bond acceptors (Lipinski definition) is 6. The molecular formula is C96H138N6O6. The number of carbonyl (C=O) groups excluding carboxylic acids is 6. The standard InChI is InChI=1S/6C16H23NO/c6*1-15(2,3)12-9-7-8-11-10-17(16(4,5)6)14(18)13(11)12/h6*7-9H,10H2,1-6H3/i8D,9D;7D,9D;7D,8D;9D;8D;7D. The summed E-state index contributed by atoms with van der Waals surface area (Å²) in [4.78, 5) is 87.5. The molecule has 0 saturated carbocycles. The van der Waals surface area contributed by atoms with Gasteiger partial charge in [-0.1, -0.05) is 234 Å². The van der Waals surface area contributed by atoms with Crippen LogP contribution in [0.5, 0.6) is 0 Å². The van der Waals surface area contributed by atoms with Crippen molar-refractivity contribution in [1.82, 2.24) is 29.4 Å². The summed E-state index contributed by atoms with van der Waals surface area (Å²) >= 11 is 0. The highest BCUT2D eigenvalue weighted by molar-refractivity contribution is 6.04. The van der Waals surface area contributed by atoms with Crippen LogP contribution < -0.4 is 0 Å². The van der Waals surface area contributed by atoms with E-state index in [0.717, 1.165) is 72.3 Å². The molecule has 0 atom stereocenters. The fourth-order valence-corrected chi connectivity index (χ4v) is 14.3. The van der Waals surface area contributed by atoms with Crippen molar-refractivity contribution >= 4 is 35.4 Å². The van der Waals surface area contributed by atoms with Crippen LogP contribution in [-0.2, 0) is 71.8 Å². The smallest absolute Gasteiger partial charge is 0.255 e. The zero-order valence-electron chi connectivity index (χ0n) is 82.1. The number of hydrogen-bond donors (Lipinski definition) is 0. The number of carbonyl (C=O) groups is 6. The third-order valence-electron chi connectivity index (χ3n) is 20.5. The molecule has 588 valence electrons. The van der Waals surface area contributed by atoms with Gasteiger partial charge in [0.2, 0.25) is 0 Å². The van der Waals surface area contributed by atoms with E-state index in [9.17, 15) is 28.8 Å². The molecule has 0 radical (unpaired) electrons. The molecule has 0 spiro atoms. The number of fused-ring (bicyclic) bond motifs is 6. The minimum Gasteiger partial charge on any atom is -0.329 e. The summed E-state index contributed by atoms with van der Waals surface area (Å²) in [6.07, 6.45) is 0. The van der Waals surface area contributed by atoms with Gasteiger partial charge in [-0.2, -0.15) is 0 Å². The van der Waals surface area contributed by atoms with Gasteiger partial charge < -0.3 is 29.4 Å². The van der Waals surface area contributed by atoms with Crippen molar-refractivity contribution in [1.29, 1.82) is 0 Å². The Kier molecular flexibility index (Phi) is 20.7. The maximum Gasteiger partial charge on any atom is 0.255 e. The summed E-state index contributed by atoms with van der Waals surface area (Å²) in [6, 6.07) is 18.9. The van der Waals surface area contributed by atoms with E-state index in [2.05, 4.69) is 104 Å². The Bertz CT molecular complexity index is 4900. The molecule has 6 aliphatic rings. The van der Waals surface area contributed by atoms with E-state index in [1.54, 1.807) is 28.0 Å². The largest absolute Gasteiger partial charge is 0.329 e. The Hall–Kier alpha value is -7.86. The van der Waals surface area contributed by atoms with Gasteiger partial charge in [0, 0.05) is 106 Å². The average molecular weight is 1480 g/mol. The molecule has 12 nitrogen and oxygen atoms in total. The van der Waals surface area contributed by atoms with Gasteiger partial charge in [-0.25, -0.2) is 0 Å². The van der Waals surface area contributed by atoms with Crippen LogP contribution in [0.15, 0.2) is 109 Å². The topological polar surface area (TPSA) is 122 Å². The lowest BCUT2D eigenvalue weighted by atomic mass is 9.82. The van der Waals surface area contributed by atoms with Crippen LogP contribution in [0, 0.1) is 0 Å². The third kappa shape index (κ3) is 19.1. The van der Waals surface area contributed by atoms with E-state index in [1.165, 1.54) is 0 Å². The molecule has 0 aliphatic carbocycles. The lowest BCUT2D eigenvalue weighted by molar-refractivity contribution is 0.0599. The van der Waals surface area contributed by atoms with Crippen LogP contribution in [0.4, 0.5) is 0 Å². The van der Waals surface area contributed by atoms with Gasteiger partial charge in [-0.3, -0.25) is 28.8 Å². The first-order valence-corrected chi connectivity index (χ1v) is 38.6. The molecule has 108 heavy (non-hydrogen) atoms. The van der Waals surface area contributed by atoms with Crippen LogP contribution in [0.2, 0.25) is 0 Å². The van der Waals surface area contributed by atoms with E-state index in [1.807, 2.05) is 201 Å². The van der Waals surface area contributed by atoms with Crippen molar-refractivity contribution in [3.05, 3.63) is 209 Å². The van der Waals surface area contributed by atoms with Gasteiger partial charge in [-0.05, 0) is 224 Å². The van der Waals surface area contributed by atoms with E-state index < -0.39 is 0 Å². The molecule has 6 amide bonds. The van der Waals surface area contributed by atoms with Crippen molar-refractivity contribution in [2.24, 2.45) is 0 Å². The Morgan fingerprint density at radius 3 is 0.731 bits per heavy atom. The number of amides is 6. The molecule has 12 heteroatoms. The minimum atomic E-state index is -0.318. The number of benzene rings is 6. The maximum absolute atomic E-state index is 12.8. The minimum absolute atomic E-state index is 0.00840. The Morgan fingerprint density at radius 1 is 0.213 bits per heavy atom. The van der Waals surface area contributed by atoms with Crippen LogP contribution in [0.3, 0.4) is 0 Å². The van der Waals surface area contributed by atoms with Gasteiger partial charge in [0.25, 0.3) is 35.4 Å². The summed E-state index contributed by atoms with van der Waals surface area (Å²) in [5.41, 5.74) is 12.2. The molecule has 6 heterocycles. The summed E-state index contributed by atoms with van der Waals surface area (Å²) in [6.45, 7) is 76.6. The molecule has 0 aromatic heterocycles. The molecule has 0 saturated heterocycles. The van der Waals surface area contributed by atoms with E-state index in [0.29, 0.717) is 97.3 Å². The van der Waals surface area contributed by atoms with E-state index >= 15 is 0 Å². The summed E-state index contributed by atoms with van der Waals surface area (Å²) in [5, 5.41) is 0. The molecule has 0 fully saturated rings. The van der Waals surface area contributed by atoms with Crippen molar-refractivity contribution in [3.63, 3.8) is 0 Å². The predicted molar refractivity (Wildman–Crippen MR) is 449 cm³/mol. The maximum atomic E-state index is 12.8. The SMILES string of the molecule is [2H]c1cc(C(C)(C)C)c2c(c1[2H])CN(C(C)(C)C)C2=O.[2H]c1cc([2H])c(C(C)(C)C)c2c1CN(C(C)(C)C)C2=O.[2H]c1cc2c(c(C(C)(C)C)c1)C(=O)N(C(C)(C)C)C2.[2H]c1cc2c(c(C(C)(C)C)c1[2H])C(=O)N(C(C)(C)C)C2.[2H]c1ccc(C(C)(C)C)c2c1CN(C(C)(C)C)C2=O.[2H]c1ccc2c(c1C(C)(C)C)C(=O)N(C(C)(C)C)C2. The quantitative estimate of drug-likeness (QED) is 0.149. The zero-order valence-corrected chi connectivity index (χ0v) is 73.1. The molecule has 0 N–H and O–H groups in total. The second-order valence-electron chi connectivity index (χ2n) is 42.2. The van der Waals surface area contributed by atoms with Crippen LogP contribution in [0.1, 0.15) is 391 Å². The van der Waals surface area contributed by atoms with Gasteiger partial charge >= 0.3 is 0 Å². The number of rotatable bonds is 0. The van der Waals surface area contributed by atoms with Crippen LogP contribution in [-0.4, -0.2) is 98.1 Å². The molecule has 6 aromatic carbocycles. The first-order valence-electron chi connectivity index (χ1n) is 43.1. The third-order valence-corrected chi connectivity index (χ3v) is 20.5. The lowest BCUT2D eigenvalue weighted by Crippen LogP contribution is -2.41. The monoisotopic (exact) mass is 1480 g/mol. The van der Waals surface area contributed by atoms with E-state index in [4.69, 9.17) is 12.3 Å². The molecule has 0 bridgehead atoms. The Morgan fingerprint density at radius 2 is 0.417 bits per heavy atom. The molecule has 0 unspecified atom stereocenters. The Balaban J connectivity index is 0.000000194. The Labute approximate surface area is 666 Å². The fourth-order valence-electron chi connectivity index (χ4n) is 14.3. The average Bonchev–Trinajstić information content (AvgIpc) is 1.64. The highest BCUT2D eigenvalue weighted by Gasteiger charge is 2.44. The highest BCUT2D eigenvalue weighted by Crippen LogP contribution is 2.43.